The minimum Gasteiger partial charge on any atom is -0.469 e. The first-order chi connectivity index (χ1) is 14.1. The van der Waals surface area contributed by atoms with Gasteiger partial charge in [-0.1, -0.05) is 29.8 Å². The normalized spacial score (nSPS) is 14.8. The number of fused-ring (bicyclic) bond motifs is 1. The van der Waals surface area contributed by atoms with Gasteiger partial charge in [0.1, 0.15) is 0 Å². The fourth-order valence-corrected chi connectivity index (χ4v) is 4.02. The van der Waals surface area contributed by atoms with Crippen LogP contribution in [0.4, 0.5) is 5.69 Å². The Bertz CT molecular complexity index is 1010. The largest absolute Gasteiger partial charge is 0.469 e. The van der Waals surface area contributed by atoms with E-state index < -0.39 is 0 Å². The second-order valence-corrected chi connectivity index (χ2v) is 7.93. The Labute approximate surface area is 175 Å². The molecule has 4 rings (SSSR count). The van der Waals surface area contributed by atoms with Crippen molar-refractivity contribution in [3.8, 4) is 11.3 Å². The minimum atomic E-state index is -0.245. The first kappa shape index (κ1) is 19.8. The number of rotatable bonds is 6. The summed E-state index contributed by atoms with van der Waals surface area (Å²) >= 11 is 6.37. The van der Waals surface area contributed by atoms with E-state index in [9.17, 15) is 4.79 Å². The third-order valence-electron chi connectivity index (χ3n) is 5.43. The molecule has 1 saturated heterocycles. The molecular formula is C23H25ClN2O3. The van der Waals surface area contributed by atoms with Crippen molar-refractivity contribution in [3.63, 3.8) is 0 Å². The summed E-state index contributed by atoms with van der Waals surface area (Å²) in [4.78, 5) is 15.1. The zero-order valence-electron chi connectivity index (χ0n) is 16.5. The highest BCUT2D eigenvalue weighted by atomic mass is 35.5. The Hall–Kier alpha value is -2.50. The van der Waals surface area contributed by atoms with Gasteiger partial charge in [-0.3, -0.25) is 4.79 Å². The number of ether oxygens (including phenoxy) is 2. The Morgan fingerprint density at radius 1 is 1.24 bits per heavy atom. The lowest BCUT2D eigenvalue weighted by atomic mass is 10.0. The molecule has 0 amide bonds. The molecular weight excluding hydrogens is 388 g/mol. The van der Waals surface area contributed by atoms with Crippen molar-refractivity contribution in [1.82, 2.24) is 4.98 Å². The van der Waals surface area contributed by atoms with Crippen LogP contribution < -0.4 is 5.32 Å². The van der Waals surface area contributed by atoms with E-state index in [2.05, 4.69) is 16.4 Å². The summed E-state index contributed by atoms with van der Waals surface area (Å²) in [6.45, 7) is 2.58. The van der Waals surface area contributed by atoms with Gasteiger partial charge in [-0.2, -0.15) is 0 Å². The monoisotopic (exact) mass is 412 g/mol. The van der Waals surface area contributed by atoms with Crippen LogP contribution in [0.3, 0.4) is 0 Å². The standard InChI is InChI=1S/C23H25ClN2O3/c1-28-22(27)10-16-3-2-4-17(9-16)20-12-18-11-19(24)13-21(23(18)26-20)25-14-15-5-7-29-8-6-15/h2-4,9,11-13,15,25-26H,5-8,10,14H2,1H3. The molecule has 1 aromatic heterocycles. The van der Waals surface area contributed by atoms with E-state index in [0.29, 0.717) is 10.9 Å². The van der Waals surface area contributed by atoms with E-state index >= 15 is 0 Å². The molecule has 0 aliphatic carbocycles. The number of halogens is 1. The van der Waals surface area contributed by atoms with Crippen molar-refractivity contribution >= 4 is 34.2 Å². The molecule has 0 bridgehead atoms. The van der Waals surface area contributed by atoms with Crippen molar-refractivity contribution in [2.75, 3.05) is 32.2 Å². The molecule has 0 unspecified atom stereocenters. The van der Waals surface area contributed by atoms with Gasteiger partial charge >= 0.3 is 5.97 Å². The van der Waals surface area contributed by atoms with Gasteiger partial charge in [-0.05, 0) is 54.2 Å². The summed E-state index contributed by atoms with van der Waals surface area (Å²) in [5.41, 5.74) is 4.98. The molecule has 0 saturated carbocycles. The van der Waals surface area contributed by atoms with Crippen LogP contribution in [0, 0.1) is 5.92 Å². The summed E-state index contributed by atoms with van der Waals surface area (Å²) < 4.78 is 10.2. The highest BCUT2D eigenvalue weighted by molar-refractivity contribution is 6.32. The third kappa shape index (κ3) is 4.74. The van der Waals surface area contributed by atoms with E-state index in [1.807, 2.05) is 36.4 Å². The van der Waals surface area contributed by atoms with Gasteiger partial charge in [0, 0.05) is 35.9 Å². The first-order valence-electron chi connectivity index (χ1n) is 9.92. The third-order valence-corrected chi connectivity index (χ3v) is 5.65. The Kier molecular flexibility index (Phi) is 6.07. The maximum absolute atomic E-state index is 11.6. The lowest BCUT2D eigenvalue weighted by molar-refractivity contribution is -0.139. The van der Waals surface area contributed by atoms with E-state index in [0.717, 1.165) is 66.0 Å². The topological polar surface area (TPSA) is 63.4 Å². The maximum Gasteiger partial charge on any atom is 0.309 e. The van der Waals surface area contributed by atoms with E-state index in [-0.39, 0.29) is 12.4 Å². The maximum atomic E-state index is 11.6. The highest BCUT2D eigenvalue weighted by Crippen LogP contribution is 2.32. The highest BCUT2D eigenvalue weighted by Gasteiger charge is 2.15. The Balaban J connectivity index is 1.60. The van der Waals surface area contributed by atoms with Gasteiger partial charge in [-0.15, -0.1) is 0 Å². The van der Waals surface area contributed by atoms with Crippen LogP contribution in [0.2, 0.25) is 5.02 Å². The predicted octanol–water partition coefficient (Wildman–Crippen LogP) is 5.04. The molecule has 0 radical (unpaired) electrons. The number of hydrogen-bond acceptors (Lipinski definition) is 4. The summed E-state index contributed by atoms with van der Waals surface area (Å²) in [5.74, 6) is 0.368. The van der Waals surface area contributed by atoms with Crippen LogP contribution in [-0.2, 0) is 20.7 Å². The molecule has 152 valence electrons. The van der Waals surface area contributed by atoms with E-state index in [4.69, 9.17) is 21.1 Å². The van der Waals surface area contributed by atoms with Crippen LogP contribution in [0.1, 0.15) is 18.4 Å². The van der Waals surface area contributed by atoms with Crippen LogP contribution in [0.5, 0.6) is 0 Å². The molecule has 1 fully saturated rings. The summed E-state index contributed by atoms with van der Waals surface area (Å²) in [6.07, 6.45) is 2.42. The van der Waals surface area contributed by atoms with Crippen molar-refractivity contribution in [2.24, 2.45) is 5.92 Å². The zero-order valence-corrected chi connectivity index (χ0v) is 17.2. The average molecular weight is 413 g/mol. The number of anilines is 1. The first-order valence-corrected chi connectivity index (χ1v) is 10.3. The van der Waals surface area contributed by atoms with Gasteiger partial charge in [0.15, 0.2) is 0 Å². The number of hydrogen-bond donors (Lipinski definition) is 2. The van der Waals surface area contributed by atoms with Crippen LogP contribution >= 0.6 is 11.6 Å². The molecule has 0 spiro atoms. The smallest absolute Gasteiger partial charge is 0.309 e. The number of aromatic amines is 1. The van der Waals surface area contributed by atoms with Crippen molar-refractivity contribution in [2.45, 2.75) is 19.3 Å². The van der Waals surface area contributed by atoms with Crippen LogP contribution in [0.25, 0.3) is 22.2 Å². The SMILES string of the molecule is COC(=O)Cc1cccc(-c2cc3cc(Cl)cc(NCC4CCOCC4)c3[nH]2)c1. The van der Waals surface area contributed by atoms with E-state index in [1.165, 1.54) is 7.11 Å². The molecule has 0 atom stereocenters. The number of carbonyl (C=O) groups excluding carboxylic acids is 1. The Morgan fingerprint density at radius 2 is 2.07 bits per heavy atom. The molecule has 5 nitrogen and oxygen atoms in total. The number of esters is 1. The van der Waals surface area contributed by atoms with E-state index in [1.54, 1.807) is 0 Å². The van der Waals surface area contributed by atoms with Crippen molar-refractivity contribution in [3.05, 3.63) is 53.1 Å². The number of benzene rings is 2. The summed E-state index contributed by atoms with van der Waals surface area (Å²) in [5, 5.41) is 5.34. The predicted molar refractivity (Wildman–Crippen MR) is 116 cm³/mol. The Morgan fingerprint density at radius 3 is 2.86 bits per heavy atom. The number of carbonyl (C=O) groups is 1. The molecule has 1 aliphatic heterocycles. The van der Waals surface area contributed by atoms with Crippen LogP contribution in [-0.4, -0.2) is 37.8 Å². The fraction of sp³-hybridized carbons (Fsp3) is 0.348. The van der Waals surface area contributed by atoms with Gasteiger partial charge in [0.25, 0.3) is 0 Å². The summed E-state index contributed by atoms with van der Waals surface area (Å²) in [6, 6.07) is 14.0. The molecule has 2 heterocycles. The van der Waals surface area contributed by atoms with Gasteiger partial charge in [0.05, 0.1) is 24.7 Å². The van der Waals surface area contributed by atoms with Crippen molar-refractivity contribution in [1.29, 1.82) is 0 Å². The van der Waals surface area contributed by atoms with Gasteiger partial charge in [-0.25, -0.2) is 0 Å². The summed E-state index contributed by atoms with van der Waals surface area (Å²) in [7, 11) is 1.41. The molecule has 3 aromatic rings. The number of methoxy groups -OCH3 is 1. The molecule has 1 aliphatic rings. The lowest BCUT2D eigenvalue weighted by Crippen LogP contribution is -2.22. The van der Waals surface area contributed by atoms with Gasteiger partial charge < -0.3 is 19.8 Å². The fourth-order valence-electron chi connectivity index (χ4n) is 3.79. The molecule has 29 heavy (non-hydrogen) atoms. The van der Waals surface area contributed by atoms with Gasteiger partial charge in [0.2, 0.25) is 0 Å². The molecule has 2 N–H and O–H groups in total. The number of nitrogens with one attached hydrogen (secondary N) is 2. The van der Waals surface area contributed by atoms with Crippen molar-refractivity contribution < 1.29 is 14.3 Å². The minimum absolute atomic E-state index is 0.245. The second kappa shape index (κ2) is 8.89. The number of aromatic nitrogens is 1. The lowest BCUT2D eigenvalue weighted by Gasteiger charge is -2.22. The number of H-pyrrole nitrogens is 1. The average Bonchev–Trinajstić information content (AvgIpc) is 3.17. The zero-order chi connectivity index (χ0) is 20.2. The molecule has 6 heteroatoms. The quantitative estimate of drug-likeness (QED) is 0.556. The molecule has 2 aromatic carbocycles. The van der Waals surface area contributed by atoms with Crippen LogP contribution in [0.15, 0.2) is 42.5 Å². The second-order valence-electron chi connectivity index (χ2n) is 7.49.